The number of amides is 1. The summed E-state index contributed by atoms with van der Waals surface area (Å²) in [4.78, 5) is 14.9. The van der Waals surface area contributed by atoms with E-state index in [1.54, 1.807) is 72.5 Å². The number of hydrogen-bond donors (Lipinski definition) is 1. The van der Waals surface area contributed by atoms with Crippen LogP contribution in [-0.4, -0.2) is 32.9 Å². The zero-order valence-corrected chi connectivity index (χ0v) is 19.8. The average Bonchev–Trinajstić information content (AvgIpc) is 2.84. The molecule has 0 spiro atoms. The van der Waals surface area contributed by atoms with Crippen LogP contribution in [0.4, 0.5) is 5.69 Å². The van der Waals surface area contributed by atoms with Gasteiger partial charge < -0.3 is 9.64 Å². The second-order valence-corrected chi connectivity index (χ2v) is 9.28. The molecule has 0 fully saturated rings. The lowest BCUT2D eigenvalue weighted by Crippen LogP contribution is -2.31. The highest BCUT2D eigenvalue weighted by atomic mass is 32.2. The molecule has 0 heterocycles. The number of benzene rings is 3. The Morgan fingerprint density at radius 2 is 1.79 bits per heavy atom. The van der Waals surface area contributed by atoms with Crippen molar-refractivity contribution >= 4 is 21.6 Å². The Morgan fingerprint density at radius 1 is 1.12 bits per heavy atom. The minimum absolute atomic E-state index is 0.0193. The number of nitriles is 1. The molecule has 3 aromatic rings. The van der Waals surface area contributed by atoms with E-state index in [0.717, 1.165) is 5.56 Å². The van der Waals surface area contributed by atoms with E-state index in [-0.39, 0.29) is 29.5 Å². The van der Waals surface area contributed by atoms with Crippen LogP contribution in [0.15, 0.2) is 84.3 Å². The highest BCUT2D eigenvalue weighted by Gasteiger charge is 2.22. The van der Waals surface area contributed by atoms with E-state index in [1.807, 2.05) is 0 Å². The first-order valence-corrected chi connectivity index (χ1v) is 11.9. The third-order valence-corrected chi connectivity index (χ3v) is 6.56. The summed E-state index contributed by atoms with van der Waals surface area (Å²) in [5.74, 6) is 0.291. The minimum Gasteiger partial charge on any atom is -0.497 e. The van der Waals surface area contributed by atoms with Crippen molar-refractivity contribution in [2.24, 2.45) is 0 Å². The standard InChI is InChI=1S/C26H25N3O4S/c1-4-15-29(18-21-8-6-20(17-27)7-9-21)26(30)25-16-24(14-5-19(25)2)34(31,32)28-22-10-12-23(33-3)13-11-22/h4-14,16,28H,1,15,18H2,2-3H3. The molecule has 0 bridgehead atoms. The van der Waals surface area contributed by atoms with Crippen molar-refractivity contribution in [1.82, 2.24) is 4.90 Å². The molecule has 34 heavy (non-hydrogen) atoms. The summed E-state index contributed by atoms with van der Waals surface area (Å²) in [6.07, 6.45) is 1.61. The van der Waals surface area contributed by atoms with Crippen molar-refractivity contribution in [3.63, 3.8) is 0 Å². The highest BCUT2D eigenvalue weighted by molar-refractivity contribution is 7.92. The summed E-state index contributed by atoms with van der Waals surface area (Å²) in [5, 5.41) is 8.98. The molecular weight excluding hydrogens is 450 g/mol. The van der Waals surface area contributed by atoms with Gasteiger partial charge in [-0.05, 0) is 66.6 Å². The monoisotopic (exact) mass is 475 g/mol. The van der Waals surface area contributed by atoms with Gasteiger partial charge in [-0.1, -0.05) is 24.3 Å². The van der Waals surface area contributed by atoms with E-state index in [1.165, 1.54) is 19.2 Å². The molecule has 0 aliphatic rings. The first-order valence-electron chi connectivity index (χ1n) is 10.4. The van der Waals surface area contributed by atoms with Crippen LogP contribution in [0.5, 0.6) is 5.75 Å². The van der Waals surface area contributed by atoms with Gasteiger partial charge in [-0.3, -0.25) is 9.52 Å². The molecule has 0 unspecified atom stereocenters. The van der Waals surface area contributed by atoms with E-state index >= 15 is 0 Å². The zero-order chi connectivity index (χ0) is 24.7. The Bertz CT molecular complexity index is 1330. The zero-order valence-electron chi connectivity index (χ0n) is 19.0. The first kappa shape index (κ1) is 24.6. The van der Waals surface area contributed by atoms with Gasteiger partial charge in [-0.15, -0.1) is 6.58 Å². The number of ether oxygens (including phenoxy) is 1. The smallest absolute Gasteiger partial charge is 0.261 e. The summed E-state index contributed by atoms with van der Waals surface area (Å²) >= 11 is 0. The summed E-state index contributed by atoms with van der Waals surface area (Å²) < 4.78 is 33.6. The lowest BCUT2D eigenvalue weighted by Gasteiger charge is -2.23. The van der Waals surface area contributed by atoms with Crippen molar-refractivity contribution in [3.05, 3.63) is 102 Å². The topological polar surface area (TPSA) is 99.5 Å². The maximum Gasteiger partial charge on any atom is 0.261 e. The van der Waals surface area contributed by atoms with Crippen LogP contribution in [0.3, 0.4) is 0 Å². The average molecular weight is 476 g/mol. The molecule has 0 aliphatic carbocycles. The molecule has 0 aromatic heterocycles. The van der Waals surface area contributed by atoms with Crippen LogP contribution in [0.1, 0.15) is 27.0 Å². The highest BCUT2D eigenvalue weighted by Crippen LogP contribution is 2.23. The molecule has 7 nitrogen and oxygen atoms in total. The molecule has 1 amide bonds. The van der Waals surface area contributed by atoms with E-state index in [9.17, 15) is 13.2 Å². The number of hydrogen-bond acceptors (Lipinski definition) is 5. The van der Waals surface area contributed by atoms with E-state index in [2.05, 4.69) is 17.4 Å². The van der Waals surface area contributed by atoms with Crippen LogP contribution >= 0.6 is 0 Å². The Morgan fingerprint density at radius 3 is 2.38 bits per heavy atom. The largest absolute Gasteiger partial charge is 0.497 e. The van der Waals surface area contributed by atoms with Crippen molar-refractivity contribution in [1.29, 1.82) is 5.26 Å². The molecule has 3 rings (SSSR count). The molecule has 174 valence electrons. The first-order chi connectivity index (χ1) is 16.3. The number of nitrogens with zero attached hydrogens (tertiary/aromatic N) is 2. The fraction of sp³-hybridized carbons (Fsp3) is 0.154. The molecule has 3 aromatic carbocycles. The third-order valence-electron chi connectivity index (χ3n) is 5.19. The van der Waals surface area contributed by atoms with Gasteiger partial charge in [-0.25, -0.2) is 8.42 Å². The van der Waals surface area contributed by atoms with E-state index in [4.69, 9.17) is 10.00 Å². The van der Waals surface area contributed by atoms with Gasteiger partial charge in [0.15, 0.2) is 0 Å². The molecule has 0 saturated heterocycles. The summed E-state index contributed by atoms with van der Waals surface area (Å²) in [6, 6.07) is 20.0. The fourth-order valence-corrected chi connectivity index (χ4v) is 4.41. The summed E-state index contributed by atoms with van der Waals surface area (Å²) in [5.41, 5.74) is 2.69. The molecular formula is C26H25N3O4S. The van der Waals surface area contributed by atoms with Crippen LogP contribution in [0.25, 0.3) is 0 Å². The van der Waals surface area contributed by atoms with Crippen molar-refractivity contribution in [3.8, 4) is 11.8 Å². The van der Waals surface area contributed by atoms with Crippen LogP contribution < -0.4 is 9.46 Å². The molecule has 0 radical (unpaired) electrons. The number of nitrogens with one attached hydrogen (secondary N) is 1. The minimum atomic E-state index is -3.92. The number of anilines is 1. The molecule has 0 aliphatic heterocycles. The number of methoxy groups -OCH3 is 1. The normalized spacial score (nSPS) is 10.7. The number of sulfonamides is 1. The number of carbonyl (C=O) groups excluding carboxylic acids is 1. The summed E-state index contributed by atoms with van der Waals surface area (Å²) in [7, 11) is -2.39. The molecule has 1 N–H and O–H groups in total. The maximum atomic E-state index is 13.4. The van der Waals surface area contributed by atoms with Crippen molar-refractivity contribution in [2.75, 3.05) is 18.4 Å². The van der Waals surface area contributed by atoms with Crippen LogP contribution in [-0.2, 0) is 16.6 Å². The molecule has 0 atom stereocenters. The van der Waals surface area contributed by atoms with Gasteiger partial charge in [0.2, 0.25) is 0 Å². The van der Waals surface area contributed by atoms with E-state index < -0.39 is 10.0 Å². The SMILES string of the molecule is C=CCN(Cc1ccc(C#N)cc1)C(=O)c1cc(S(=O)(=O)Nc2ccc(OC)cc2)ccc1C. The lowest BCUT2D eigenvalue weighted by molar-refractivity contribution is 0.0761. The molecule has 0 saturated carbocycles. The van der Waals surface area contributed by atoms with E-state index in [0.29, 0.717) is 22.6 Å². The van der Waals surface area contributed by atoms with Gasteiger partial charge >= 0.3 is 0 Å². The van der Waals surface area contributed by atoms with Gasteiger partial charge in [0.25, 0.3) is 15.9 Å². The van der Waals surface area contributed by atoms with Gasteiger partial charge in [0.05, 0.1) is 23.6 Å². The van der Waals surface area contributed by atoms with Crippen molar-refractivity contribution in [2.45, 2.75) is 18.4 Å². The molecule has 8 heteroatoms. The number of carbonyl (C=O) groups is 1. The third kappa shape index (κ3) is 5.82. The van der Waals surface area contributed by atoms with Crippen LogP contribution in [0.2, 0.25) is 0 Å². The Labute approximate surface area is 200 Å². The predicted octanol–water partition coefficient (Wildman–Crippen LogP) is 4.50. The van der Waals surface area contributed by atoms with Gasteiger partial charge in [0, 0.05) is 24.3 Å². The Kier molecular flexibility index (Phi) is 7.71. The number of rotatable bonds is 9. The van der Waals surface area contributed by atoms with Gasteiger partial charge in [-0.2, -0.15) is 5.26 Å². The fourth-order valence-electron chi connectivity index (χ4n) is 3.32. The number of aryl methyl sites for hydroxylation is 1. The second-order valence-electron chi connectivity index (χ2n) is 7.59. The lowest BCUT2D eigenvalue weighted by atomic mass is 10.1. The predicted molar refractivity (Wildman–Crippen MR) is 131 cm³/mol. The quantitative estimate of drug-likeness (QED) is 0.459. The maximum absolute atomic E-state index is 13.4. The van der Waals surface area contributed by atoms with Gasteiger partial charge in [0.1, 0.15) is 5.75 Å². The Hall–Kier alpha value is -4.09. The Balaban J connectivity index is 1.87. The second kappa shape index (κ2) is 10.7. The van der Waals surface area contributed by atoms with Crippen molar-refractivity contribution < 1.29 is 17.9 Å². The summed E-state index contributed by atoms with van der Waals surface area (Å²) in [6.45, 7) is 6.06. The van der Waals surface area contributed by atoms with Crippen LogP contribution in [0, 0.1) is 18.3 Å².